The summed E-state index contributed by atoms with van der Waals surface area (Å²) in [6, 6.07) is 10.1. The molecule has 1 N–H and O–H groups in total. The first kappa shape index (κ1) is 20.2. The van der Waals surface area contributed by atoms with Gasteiger partial charge in [-0.25, -0.2) is 9.18 Å². The highest BCUT2D eigenvalue weighted by Gasteiger charge is 2.30. The van der Waals surface area contributed by atoms with Gasteiger partial charge in [0.25, 0.3) is 5.91 Å². The van der Waals surface area contributed by atoms with Crippen LogP contribution in [0.25, 0.3) is 0 Å². The number of benzene rings is 2. The van der Waals surface area contributed by atoms with E-state index in [-0.39, 0.29) is 41.6 Å². The lowest BCUT2D eigenvalue weighted by molar-refractivity contribution is -0.124. The summed E-state index contributed by atoms with van der Waals surface area (Å²) in [5.74, 6) is -2.54. The predicted molar refractivity (Wildman–Crippen MR) is 103 cm³/mol. The molecule has 1 fully saturated rings. The van der Waals surface area contributed by atoms with Crippen LogP contribution in [-0.4, -0.2) is 29.8 Å². The van der Waals surface area contributed by atoms with Gasteiger partial charge >= 0.3 is 5.97 Å². The average molecular weight is 398 g/mol. The third kappa shape index (κ3) is 4.48. The first-order valence-corrected chi connectivity index (χ1v) is 9.00. The van der Waals surface area contributed by atoms with Crippen LogP contribution < -0.4 is 10.2 Å². The molecule has 0 unspecified atom stereocenters. The molecular formula is C21H19FN2O5. The molecule has 2 aromatic carbocycles. The average Bonchev–Trinajstić information content (AvgIpc) is 3.03. The van der Waals surface area contributed by atoms with Crippen LogP contribution in [0.2, 0.25) is 0 Å². The van der Waals surface area contributed by atoms with Crippen molar-refractivity contribution >= 4 is 35.1 Å². The molecule has 1 saturated heterocycles. The molecule has 1 atom stereocenters. The van der Waals surface area contributed by atoms with Gasteiger partial charge in [0.1, 0.15) is 5.82 Å². The minimum atomic E-state index is -1.15. The maximum absolute atomic E-state index is 13.6. The normalized spacial score (nSPS) is 14.7. The van der Waals surface area contributed by atoms with Gasteiger partial charge in [0.05, 0.1) is 11.3 Å². The van der Waals surface area contributed by atoms with Gasteiger partial charge in [-0.2, -0.15) is 0 Å². The number of anilines is 2. The molecule has 29 heavy (non-hydrogen) atoms. The number of rotatable bonds is 5. The molecule has 1 aliphatic heterocycles. The van der Waals surface area contributed by atoms with E-state index in [2.05, 4.69) is 5.32 Å². The van der Waals surface area contributed by atoms with E-state index in [0.29, 0.717) is 5.56 Å². The highest BCUT2D eigenvalue weighted by atomic mass is 19.1. The Bertz CT molecular complexity index is 988. The van der Waals surface area contributed by atoms with E-state index in [0.717, 1.165) is 4.90 Å². The van der Waals surface area contributed by atoms with Crippen LogP contribution in [0.4, 0.5) is 15.8 Å². The summed E-state index contributed by atoms with van der Waals surface area (Å²) in [6.45, 7) is 2.98. The van der Waals surface area contributed by atoms with Crippen molar-refractivity contribution in [2.45, 2.75) is 32.8 Å². The third-order valence-corrected chi connectivity index (χ3v) is 4.48. The fourth-order valence-corrected chi connectivity index (χ4v) is 2.83. The summed E-state index contributed by atoms with van der Waals surface area (Å²) in [5, 5.41) is 2.48. The molecule has 0 radical (unpaired) electrons. The monoisotopic (exact) mass is 398 g/mol. The summed E-state index contributed by atoms with van der Waals surface area (Å²) in [6.07, 6.45) is -0.889. The fraction of sp³-hybridized carbons (Fsp3) is 0.238. The van der Waals surface area contributed by atoms with Crippen molar-refractivity contribution in [3.05, 3.63) is 59.4 Å². The Kier molecular flexibility index (Phi) is 5.72. The van der Waals surface area contributed by atoms with Gasteiger partial charge in [-0.3, -0.25) is 19.3 Å². The highest BCUT2D eigenvalue weighted by molar-refractivity contribution is 6.20. The van der Waals surface area contributed by atoms with Gasteiger partial charge in [-0.1, -0.05) is 12.1 Å². The number of carbonyl (C=O) groups is 4. The van der Waals surface area contributed by atoms with Crippen molar-refractivity contribution in [1.29, 1.82) is 0 Å². The molecule has 3 amide bonds. The summed E-state index contributed by atoms with van der Waals surface area (Å²) < 4.78 is 18.8. The number of imide groups is 1. The van der Waals surface area contributed by atoms with E-state index in [1.54, 1.807) is 19.1 Å². The first-order chi connectivity index (χ1) is 13.8. The summed E-state index contributed by atoms with van der Waals surface area (Å²) in [5.41, 5.74) is 1.06. The van der Waals surface area contributed by atoms with Crippen molar-refractivity contribution < 1.29 is 28.3 Å². The van der Waals surface area contributed by atoms with Gasteiger partial charge in [-0.15, -0.1) is 0 Å². The number of halogens is 1. The lowest BCUT2D eigenvalue weighted by Gasteiger charge is -2.16. The number of ether oxygens (including phenoxy) is 1. The molecule has 0 aliphatic carbocycles. The van der Waals surface area contributed by atoms with Crippen LogP contribution in [0.5, 0.6) is 0 Å². The molecule has 2 aromatic rings. The minimum Gasteiger partial charge on any atom is -0.449 e. The third-order valence-electron chi connectivity index (χ3n) is 4.48. The number of hydrogen-bond donors (Lipinski definition) is 1. The molecule has 8 heteroatoms. The van der Waals surface area contributed by atoms with Gasteiger partial charge in [0.2, 0.25) is 11.8 Å². The van der Waals surface area contributed by atoms with E-state index < -0.39 is 23.8 Å². The predicted octanol–water partition coefficient (Wildman–Crippen LogP) is 2.97. The molecule has 0 bridgehead atoms. The van der Waals surface area contributed by atoms with Crippen LogP contribution in [0.1, 0.15) is 35.7 Å². The summed E-state index contributed by atoms with van der Waals surface area (Å²) >= 11 is 0. The second-order valence-electron chi connectivity index (χ2n) is 6.67. The van der Waals surface area contributed by atoms with Crippen LogP contribution in [0, 0.1) is 12.7 Å². The van der Waals surface area contributed by atoms with E-state index in [9.17, 15) is 23.6 Å². The topological polar surface area (TPSA) is 92.8 Å². The van der Waals surface area contributed by atoms with Crippen molar-refractivity contribution in [3.8, 4) is 0 Å². The van der Waals surface area contributed by atoms with Crippen LogP contribution >= 0.6 is 0 Å². The van der Waals surface area contributed by atoms with Gasteiger partial charge < -0.3 is 10.1 Å². The molecule has 7 nitrogen and oxygen atoms in total. The van der Waals surface area contributed by atoms with Crippen molar-refractivity contribution in [3.63, 3.8) is 0 Å². The molecule has 1 aliphatic rings. The number of esters is 1. The zero-order valence-electron chi connectivity index (χ0n) is 15.9. The molecule has 0 aromatic heterocycles. The Hall–Kier alpha value is -3.55. The Labute approximate surface area is 166 Å². The number of hydrogen-bond acceptors (Lipinski definition) is 5. The van der Waals surface area contributed by atoms with Crippen molar-refractivity contribution in [1.82, 2.24) is 0 Å². The van der Waals surface area contributed by atoms with E-state index >= 15 is 0 Å². The van der Waals surface area contributed by atoms with Gasteiger partial charge in [0, 0.05) is 18.5 Å². The van der Waals surface area contributed by atoms with Crippen molar-refractivity contribution in [2.75, 3.05) is 10.2 Å². The van der Waals surface area contributed by atoms with Crippen LogP contribution in [-0.2, 0) is 19.1 Å². The Morgan fingerprint density at radius 2 is 1.79 bits per heavy atom. The molecule has 150 valence electrons. The number of carbonyl (C=O) groups excluding carboxylic acids is 4. The number of aryl methyl sites for hydroxylation is 1. The smallest absolute Gasteiger partial charge is 0.338 e. The largest absolute Gasteiger partial charge is 0.449 e. The lowest BCUT2D eigenvalue weighted by Crippen LogP contribution is -2.30. The molecule has 1 heterocycles. The number of nitrogens with zero attached hydrogens (tertiary/aromatic N) is 1. The Balaban J connectivity index is 1.67. The van der Waals surface area contributed by atoms with E-state index in [1.165, 1.54) is 37.3 Å². The van der Waals surface area contributed by atoms with Gasteiger partial charge in [-0.05, 0) is 49.7 Å². The maximum atomic E-state index is 13.6. The first-order valence-electron chi connectivity index (χ1n) is 9.00. The van der Waals surface area contributed by atoms with E-state index in [4.69, 9.17) is 4.74 Å². The fourth-order valence-electron chi connectivity index (χ4n) is 2.83. The summed E-state index contributed by atoms with van der Waals surface area (Å²) in [7, 11) is 0. The summed E-state index contributed by atoms with van der Waals surface area (Å²) in [4.78, 5) is 49.4. The molecular weight excluding hydrogens is 379 g/mol. The maximum Gasteiger partial charge on any atom is 0.338 e. The number of amides is 3. The lowest BCUT2D eigenvalue weighted by atomic mass is 10.2. The standard InChI is InChI=1S/C21H19FN2O5/c1-12-6-7-15(11-17(12)22)23-20(27)13(2)29-21(28)14-4-3-5-16(10-14)24-18(25)8-9-19(24)26/h3-7,10-11,13H,8-9H2,1-2H3,(H,23,27)/t13-/m1/s1. The second-order valence-corrected chi connectivity index (χ2v) is 6.67. The molecule has 0 spiro atoms. The minimum absolute atomic E-state index is 0.0935. The van der Waals surface area contributed by atoms with Gasteiger partial charge in [0.15, 0.2) is 6.10 Å². The SMILES string of the molecule is Cc1ccc(NC(=O)[C@@H](C)OC(=O)c2cccc(N3C(=O)CCC3=O)c2)cc1F. The molecule has 0 saturated carbocycles. The van der Waals surface area contributed by atoms with E-state index in [1.807, 2.05) is 0 Å². The quantitative estimate of drug-likeness (QED) is 0.617. The Morgan fingerprint density at radius 1 is 1.10 bits per heavy atom. The Morgan fingerprint density at radius 3 is 2.45 bits per heavy atom. The van der Waals surface area contributed by atoms with Crippen LogP contribution in [0.15, 0.2) is 42.5 Å². The number of nitrogens with one attached hydrogen (secondary N) is 1. The zero-order chi connectivity index (χ0) is 21.1. The van der Waals surface area contributed by atoms with Crippen LogP contribution in [0.3, 0.4) is 0 Å². The zero-order valence-corrected chi connectivity index (χ0v) is 15.9. The second kappa shape index (κ2) is 8.22. The molecule has 3 rings (SSSR count). The highest BCUT2D eigenvalue weighted by Crippen LogP contribution is 2.24. The van der Waals surface area contributed by atoms with Crippen molar-refractivity contribution in [2.24, 2.45) is 0 Å².